The van der Waals surface area contributed by atoms with Gasteiger partial charge in [0, 0.05) is 11.4 Å². The summed E-state index contributed by atoms with van der Waals surface area (Å²) in [5, 5.41) is 5.28. The van der Waals surface area contributed by atoms with Crippen LogP contribution in [0.25, 0.3) is 0 Å². The average Bonchev–Trinajstić information content (AvgIpc) is 2.86. The molecule has 4 heteroatoms. The molecule has 0 aliphatic heterocycles. The second kappa shape index (κ2) is 5.63. The number of hydrogen-bond acceptors (Lipinski definition) is 3. The molecule has 1 heterocycles. The Balaban J connectivity index is 2.14. The Bertz CT molecular complexity index is 455. The Kier molecular flexibility index (Phi) is 4.31. The van der Waals surface area contributed by atoms with E-state index >= 15 is 0 Å². The Labute approximate surface area is 119 Å². The van der Waals surface area contributed by atoms with Crippen LogP contribution in [0, 0.1) is 5.92 Å². The molecule has 2 rings (SSSR count). The third kappa shape index (κ3) is 2.84. The summed E-state index contributed by atoms with van der Waals surface area (Å²) in [4.78, 5) is 14.0. The molecule has 2 unspecified atom stereocenters. The van der Waals surface area contributed by atoms with Gasteiger partial charge in [-0.05, 0) is 49.1 Å². The van der Waals surface area contributed by atoms with E-state index in [2.05, 4.69) is 30.6 Å². The first-order chi connectivity index (χ1) is 8.98. The van der Waals surface area contributed by atoms with Crippen molar-refractivity contribution in [1.29, 1.82) is 0 Å². The molecule has 0 saturated carbocycles. The molecule has 0 aromatic carbocycles. The quantitative estimate of drug-likeness (QED) is 0.891. The molecule has 3 nitrogen and oxygen atoms in total. The molecule has 3 N–H and O–H groups in total. The van der Waals surface area contributed by atoms with Gasteiger partial charge in [-0.15, -0.1) is 11.3 Å². The Morgan fingerprint density at radius 2 is 2.37 bits per heavy atom. The minimum atomic E-state index is -0.315. The van der Waals surface area contributed by atoms with Gasteiger partial charge in [-0.2, -0.15) is 0 Å². The van der Waals surface area contributed by atoms with Crippen molar-refractivity contribution in [2.24, 2.45) is 11.7 Å². The SMILES string of the molecule is CC(C)C(C)(CN)NC(=O)C1CCCc2sccc21. The monoisotopic (exact) mass is 280 g/mol. The molecule has 1 aromatic rings. The summed E-state index contributed by atoms with van der Waals surface area (Å²) in [6.45, 7) is 6.71. The zero-order valence-electron chi connectivity index (χ0n) is 12.0. The summed E-state index contributed by atoms with van der Waals surface area (Å²) in [6.07, 6.45) is 3.18. The predicted molar refractivity (Wildman–Crippen MR) is 80.4 cm³/mol. The zero-order chi connectivity index (χ0) is 14.0. The molecule has 1 aliphatic carbocycles. The van der Waals surface area contributed by atoms with Crippen LogP contribution in [-0.4, -0.2) is 18.0 Å². The summed E-state index contributed by atoms with van der Waals surface area (Å²) >= 11 is 1.77. The van der Waals surface area contributed by atoms with E-state index in [9.17, 15) is 4.79 Å². The number of nitrogens with two attached hydrogens (primary N) is 1. The maximum absolute atomic E-state index is 12.6. The molecular weight excluding hydrogens is 256 g/mol. The van der Waals surface area contributed by atoms with Crippen LogP contribution in [0.4, 0.5) is 0 Å². The molecular formula is C15H24N2OS. The first-order valence-corrected chi connectivity index (χ1v) is 7.94. The Hall–Kier alpha value is -0.870. The van der Waals surface area contributed by atoms with Crippen LogP contribution in [0.1, 0.15) is 50.0 Å². The lowest BCUT2D eigenvalue weighted by Gasteiger charge is -2.35. The molecule has 2 atom stereocenters. The average molecular weight is 280 g/mol. The number of rotatable bonds is 4. The highest BCUT2D eigenvalue weighted by Crippen LogP contribution is 2.35. The van der Waals surface area contributed by atoms with Gasteiger partial charge in [-0.1, -0.05) is 13.8 Å². The molecule has 106 valence electrons. The largest absolute Gasteiger partial charge is 0.349 e. The predicted octanol–water partition coefficient (Wildman–Crippen LogP) is 2.66. The maximum Gasteiger partial charge on any atom is 0.228 e. The van der Waals surface area contributed by atoms with Gasteiger partial charge in [0.25, 0.3) is 0 Å². The lowest BCUT2D eigenvalue weighted by atomic mass is 9.84. The summed E-state index contributed by atoms with van der Waals surface area (Å²) in [6, 6.07) is 2.11. The van der Waals surface area contributed by atoms with Crippen molar-refractivity contribution in [3.05, 3.63) is 21.9 Å². The standard InChI is InChI=1S/C15H24N2OS/c1-10(2)15(3,9-16)17-14(18)12-5-4-6-13-11(12)7-8-19-13/h7-8,10,12H,4-6,9,16H2,1-3H3,(H,17,18). The number of carbonyl (C=O) groups is 1. The Morgan fingerprint density at radius 1 is 1.63 bits per heavy atom. The van der Waals surface area contributed by atoms with E-state index in [-0.39, 0.29) is 17.4 Å². The highest BCUT2D eigenvalue weighted by Gasteiger charge is 2.33. The molecule has 1 amide bonds. The van der Waals surface area contributed by atoms with Crippen molar-refractivity contribution >= 4 is 17.2 Å². The number of hydrogen-bond donors (Lipinski definition) is 2. The number of carbonyl (C=O) groups excluding carboxylic acids is 1. The molecule has 1 aliphatic rings. The summed E-state index contributed by atoms with van der Waals surface area (Å²) in [5.74, 6) is 0.479. The van der Waals surface area contributed by atoms with Crippen molar-refractivity contribution in [3.63, 3.8) is 0 Å². The van der Waals surface area contributed by atoms with Crippen molar-refractivity contribution in [3.8, 4) is 0 Å². The molecule has 0 spiro atoms. The van der Waals surface area contributed by atoms with E-state index in [0.717, 1.165) is 19.3 Å². The number of amides is 1. The number of thiophene rings is 1. The number of nitrogens with one attached hydrogen (secondary N) is 1. The van der Waals surface area contributed by atoms with E-state index < -0.39 is 0 Å². The van der Waals surface area contributed by atoms with Crippen LogP contribution >= 0.6 is 11.3 Å². The van der Waals surface area contributed by atoms with Gasteiger partial charge in [-0.3, -0.25) is 4.79 Å². The zero-order valence-corrected chi connectivity index (χ0v) is 12.8. The first kappa shape index (κ1) is 14.5. The normalized spacial score (nSPS) is 21.8. The highest BCUT2D eigenvalue weighted by atomic mass is 32.1. The minimum absolute atomic E-state index is 0.0135. The third-order valence-corrected chi connectivity index (χ3v) is 5.47. The fourth-order valence-corrected chi connectivity index (χ4v) is 3.55. The van der Waals surface area contributed by atoms with Crippen LogP contribution in [0.2, 0.25) is 0 Å². The molecule has 19 heavy (non-hydrogen) atoms. The van der Waals surface area contributed by atoms with E-state index in [1.807, 2.05) is 6.92 Å². The smallest absolute Gasteiger partial charge is 0.228 e. The van der Waals surface area contributed by atoms with Gasteiger partial charge >= 0.3 is 0 Å². The third-order valence-electron chi connectivity index (χ3n) is 4.48. The van der Waals surface area contributed by atoms with E-state index in [1.165, 1.54) is 10.4 Å². The van der Waals surface area contributed by atoms with Crippen LogP contribution < -0.4 is 11.1 Å². The van der Waals surface area contributed by atoms with E-state index in [0.29, 0.717) is 12.5 Å². The highest BCUT2D eigenvalue weighted by molar-refractivity contribution is 7.10. The topological polar surface area (TPSA) is 55.1 Å². The molecule has 0 bridgehead atoms. The van der Waals surface area contributed by atoms with Crippen molar-refractivity contribution in [1.82, 2.24) is 5.32 Å². The number of aryl methyl sites for hydroxylation is 1. The van der Waals surface area contributed by atoms with E-state index in [1.54, 1.807) is 11.3 Å². The minimum Gasteiger partial charge on any atom is -0.349 e. The number of fused-ring (bicyclic) bond motifs is 1. The van der Waals surface area contributed by atoms with Crippen molar-refractivity contribution in [2.75, 3.05) is 6.54 Å². The van der Waals surface area contributed by atoms with Crippen molar-refractivity contribution in [2.45, 2.75) is 51.5 Å². The van der Waals surface area contributed by atoms with Gasteiger partial charge in [0.2, 0.25) is 5.91 Å². The lowest BCUT2D eigenvalue weighted by molar-refractivity contribution is -0.125. The van der Waals surface area contributed by atoms with Gasteiger partial charge in [-0.25, -0.2) is 0 Å². The van der Waals surface area contributed by atoms with Gasteiger partial charge < -0.3 is 11.1 Å². The van der Waals surface area contributed by atoms with Crippen LogP contribution in [0.15, 0.2) is 11.4 Å². The van der Waals surface area contributed by atoms with Gasteiger partial charge in [0.1, 0.15) is 0 Å². The fraction of sp³-hybridized carbons (Fsp3) is 0.667. The second-order valence-corrected chi connectivity index (χ2v) is 7.01. The maximum atomic E-state index is 12.6. The second-order valence-electron chi connectivity index (χ2n) is 6.01. The summed E-state index contributed by atoms with van der Waals surface area (Å²) in [5.41, 5.74) is 6.77. The fourth-order valence-electron chi connectivity index (χ4n) is 2.56. The molecule has 0 radical (unpaired) electrons. The molecule has 1 aromatic heterocycles. The Morgan fingerprint density at radius 3 is 3.00 bits per heavy atom. The van der Waals surface area contributed by atoms with Crippen LogP contribution in [0.5, 0.6) is 0 Å². The van der Waals surface area contributed by atoms with E-state index in [4.69, 9.17) is 5.73 Å². The summed E-state index contributed by atoms with van der Waals surface area (Å²) < 4.78 is 0. The molecule has 0 saturated heterocycles. The van der Waals surface area contributed by atoms with Gasteiger partial charge in [0.05, 0.1) is 11.5 Å². The molecule has 0 fully saturated rings. The van der Waals surface area contributed by atoms with Crippen LogP contribution in [-0.2, 0) is 11.2 Å². The van der Waals surface area contributed by atoms with Crippen LogP contribution in [0.3, 0.4) is 0 Å². The summed E-state index contributed by atoms with van der Waals surface area (Å²) in [7, 11) is 0. The van der Waals surface area contributed by atoms with Gasteiger partial charge in [0.15, 0.2) is 0 Å². The first-order valence-electron chi connectivity index (χ1n) is 7.06. The van der Waals surface area contributed by atoms with Crippen molar-refractivity contribution < 1.29 is 4.79 Å². The lowest BCUT2D eigenvalue weighted by Crippen LogP contribution is -2.56.